The summed E-state index contributed by atoms with van der Waals surface area (Å²) in [6, 6.07) is 12.1. The van der Waals surface area contributed by atoms with Crippen LogP contribution in [0.25, 0.3) is 6.08 Å². The third-order valence-electron chi connectivity index (χ3n) is 3.31. The van der Waals surface area contributed by atoms with Gasteiger partial charge in [0.2, 0.25) is 5.76 Å². The summed E-state index contributed by atoms with van der Waals surface area (Å²) in [5, 5.41) is 10.7. The molecule has 152 valence electrons. The molecule has 0 aliphatic carbocycles. The first-order valence-electron chi connectivity index (χ1n) is 8.22. The zero-order chi connectivity index (χ0) is 21.4. The quantitative estimate of drug-likeness (QED) is 0.130. The van der Waals surface area contributed by atoms with Gasteiger partial charge in [-0.3, -0.25) is 10.1 Å². The second-order valence-electron chi connectivity index (χ2n) is 5.43. The van der Waals surface area contributed by atoms with E-state index < -0.39 is 28.7 Å². The van der Waals surface area contributed by atoms with E-state index in [1.807, 2.05) is 0 Å². The summed E-state index contributed by atoms with van der Waals surface area (Å²) in [6.07, 6.45) is -3.95. The monoisotopic (exact) mass is 408 g/mol. The van der Waals surface area contributed by atoms with Gasteiger partial charge in [-0.2, -0.15) is 13.2 Å². The number of hydrogen-bond acceptors (Lipinski definition) is 6. The van der Waals surface area contributed by atoms with E-state index in [4.69, 9.17) is 9.47 Å². The molecule has 2 aromatic rings. The Hall–Kier alpha value is -3.69. The number of hydrogen-bond donors (Lipinski definition) is 0. The molecule has 0 atom stereocenters. The number of benzene rings is 2. The van der Waals surface area contributed by atoms with E-state index in [1.54, 1.807) is 30.3 Å². The minimum absolute atomic E-state index is 0.0742. The maximum atomic E-state index is 13.4. The van der Waals surface area contributed by atoms with Crippen molar-refractivity contribution < 1.29 is 32.4 Å². The van der Waals surface area contributed by atoms with Crippen LogP contribution < -0.4 is 0 Å². The fourth-order valence-electron chi connectivity index (χ4n) is 2.05. The molecule has 0 saturated carbocycles. The minimum atomic E-state index is -5.04. The average Bonchev–Trinajstić information content (AvgIpc) is 2.67. The van der Waals surface area contributed by atoms with Gasteiger partial charge in [0.15, 0.2) is 0 Å². The molecule has 0 aliphatic heterocycles. The lowest BCUT2D eigenvalue weighted by Crippen LogP contribution is -2.27. The van der Waals surface area contributed by atoms with Crippen LogP contribution in [0, 0.1) is 10.1 Å². The Morgan fingerprint density at radius 2 is 1.76 bits per heavy atom. The third-order valence-corrected chi connectivity index (χ3v) is 3.31. The van der Waals surface area contributed by atoms with Crippen LogP contribution in [-0.4, -0.2) is 29.6 Å². The normalized spacial score (nSPS) is 12.4. The summed E-state index contributed by atoms with van der Waals surface area (Å²) in [5.74, 6) is -3.53. The highest BCUT2D eigenvalue weighted by Gasteiger charge is 2.40. The number of alkyl halides is 3. The number of nitro groups is 1. The molecule has 2 aromatic carbocycles. The number of aliphatic imine (C=N–C) groups is 1. The Bertz CT molecular complexity index is 923. The molecule has 0 unspecified atom stereocenters. The maximum Gasteiger partial charge on any atom is 0.468 e. The van der Waals surface area contributed by atoms with Crippen LogP contribution in [0.2, 0.25) is 0 Å². The van der Waals surface area contributed by atoms with Gasteiger partial charge in [-0.15, -0.1) is 0 Å². The Labute approximate surface area is 163 Å². The van der Waals surface area contributed by atoms with E-state index >= 15 is 0 Å². The van der Waals surface area contributed by atoms with Crippen LogP contribution in [0.15, 0.2) is 65.3 Å². The van der Waals surface area contributed by atoms with Gasteiger partial charge in [0.25, 0.3) is 5.69 Å². The van der Waals surface area contributed by atoms with Gasteiger partial charge in [-0.1, -0.05) is 30.3 Å². The van der Waals surface area contributed by atoms with Gasteiger partial charge >= 0.3 is 18.0 Å². The van der Waals surface area contributed by atoms with E-state index in [0.29, 0.717) is 5.56 Å². The summed E-state index contributed by atoms with van der Waals surface area (Å²) in [6.45, 7) is 1.42. The highest BCUT2D eigenvalue weighted by Crippen LogP contribution is 2.26. The lowest BCUT2D eigenvalue weighted by Gasteiger charge is -2.14. The number of ether oxygens (including phenoxy) is 2. The molecule has 0 radical (unpaired) electrons. The topological polar surface area (TPSA) is 91.0 Å². The highest BCUT2D eigenvalue weighted by molar-refractivity contribution is 5.96. The number of halogens is 3. The second kappa shape index (κ2) is 9.49. The van der Waals surface area contributed by atoms with Gasteiger partial charge in [0.1, 0.15) is 0 Å². The van der Waals surface area contributed by atoms with Gasteiger partial charge in [-0.25, -0.2) is 9.79 Å². The number of nitrogens with zero attached hydrogens (tertiary/aromatic N) is 2. The number of carbonyl (C=O) groups excluding carboxylic acids is 1. The van der Waals surface area contributed by atoms with E-state index in [0.717, 1.165) is 30.3 Å². The molecule has 0 amide bonds. The smallest absolute Gasteiger partial charge is 0.460 e. The molecule has 0 heterocycles. The Balaban J connectivity index is 2.42. The molecule has 2 rings (SSSR count). The summed E-state index contributed by atoms with van der Waals surface area (Å²) >= 11 is 0. The number of rotatable bonds is 6. The highest BCUT2D eigenvalue weighted by atomic mass is 19.4. The van der Waals surface area contributed by atoms with Gasteiger partial charge in [0.05, 0.1) is 17.2 Å². The molecule has 0 aromatic heterocycles. The van der Waals surface area contributed by atoms with Crippen molar-refractivity contribution in [3.05, 3.63) is 76.0 Å². The Morgan fingerprint density at radius 3 is 2.28 bits per heavy atom. The molecule has 0 aliphatic rings. The second-order valence-corrected chi connectivity index (χ2v) is 5.43. The first-order chi connectivity index (χ1) is 13.7. The molecule has 10 heteroatoms. The van der Waals surface area contributed by atoms with E-state index in [9.17, 15) is 28.1 Å². The molecule has 0 fully saturated rings. The first-order valence-corrected chi connectivity index (χ1v) is 8.22. The largest absolute Gasteiger partial charge is 0.468 e. The fraction of sp³-hybridized carbons (Fsp3) is 0.158. The summed E-state index contributed by atoms with van der Waals surface area (Å²) in [7, 11) is 0. The van der Waals surface area contributed by atoms with E-state index in [1.165, 1.54) is 6.92 Å². The Kier molecular flexibility index (Phi) is 7.07. The summed E-state index contributed by atoms with van der Waals surface area (Å²) in [4.78, 5) is 25.4. The fourth-order valence-corrected chi connectivity index (χ4v) is 2.05. The molecule has 0 spiro atoms. The van der Waals surface area contributed by atoms with Crippen LogP contribution >= 0.6 is 0 Å². The molecular formula is C19H15F3N2O5. The Morgan fingerprint density at radius 1 is 1.14 bits per heavy atom. The van der Waals surface area contributed by atoms with Gasteiger partial charge < -0.3 is 9.47 Å². The molecule has 0 bridgehead atoms. The standard InChI is InChI=1S/C19H15F3N2O5/c1-2-28-17(25)16(12-13-6-4-3-5-7-13)29-18(19(20,21)22)23-14-8-10-15(11-9-14)24(26)27/h3-12H,2H2,1H3/b16-12+,23-18?. The van der Waals surface area contributed by atoms with Crippen LogP contribution in [0.3, 0.4) is 0 Å². The van der Waals surface area contributed by atoms with Crippen LogP contribution in [0.4, 0.5) is 24.5 Å². The summed E-state index contributed by atoms with van der Waals surface area (Å²) in [5.41, 5.74) is -0.145. The van der Waals surface area contributed by atoms with Crippen LogP contribution in [0.1, 0.15) is 12.5 Å². The van der Waals surface area contributed by atoms with Crippen molar-refractivity contribution >= 4 is 29.3 Å². The van der Waals surface area contributed by atoms with Crippen molar-refractivity contribution in [3.8, 4) is 0 Å². The first kappa shape index (κ1) is 21.6. The van der Waals surface area contributed by atoms with E-state index in [2.05, 4.69) is 4.99 Å². The maximum absolute atomic E-state index is 13.4. The number of esters is 1. The molecule has 0 saturated heterocycles. The van der Waals surface area contributed by atoms with Crippen molar-refractivity contribution in [3.63, 3.8) is 0 Å². The number of non-ortho nitro benzene ring substituents is 1. The number of carbonyl (C=O) groups is 1. The van der Waals surface area contributed by atoms with E-state index in [-0.39, 0.29) is 18.0 Å². The van der Waals surface area contributed by atoms with Crippen molar-refractivity contribution in [2.75, 3.05) is 6.61 Å². The molecule has 0 N–H and O–H groups in total. The van der Waals surface area contributed by atoms with Crippen molar-refractivity contribution in [1.29, 1.82) is 0 Å². The van der Waals surface area contributed by atoms with Gasteiger partial charge in [0, 0.05) is 12.1 Å². The average molecular weight is 408 g/mol. The zero-order valence-electron chi connectivity index (χ0n) is 15.1. The summed E-state index contributed by atoms with van der Waals surface area (Å²) < 4.78 is 49.8. The van der Waals surface area contributed by atoms with Crippen molar-refractivity contribution in [2.45, 2.75) is 13.1 Å². The van der Waals surface area contributed by atoms with Crippen LogP contribution in [-0.2, 0) is 14.3 Å². The van der Waals surface area contributed by atoms with Gasteiger partial charge in [-0.05, 0) is 30.7 Å². The lowest BCUT2D eigenvalue weighted by atomic mass is 10.2. The van der Waals surface area contributed by atoms with Crippen molar-refractivity contribution in [2.24, 2.45) is 4.99 Å². The van der Waals surface area contributed by atoms with Crippen molar-refractivity contribution in [1.82, 2.24) is 0 Å². The van der Waals surface area contributed by atoms with Crippen LogP contribution in [0.5, 0.6) is 0 Å². The predicted molar refractivity (Wildman–Crippen MR) is 98.4 cm³/mol. The molecule has 29 heavy (non-hydrogen) atoms. The predicted octanol–water partition coefficient (Wildman–Crippen LogP) is 4.81. The molecule has 7 nitrogen and oxygen atoms in total. The minimum Gasteiger partial charge on any atom is -0.460 e. The zero-order valence-corrected chi connectivity index (χ0v) is 15.1. The number of nitro benzene ring substituents is 1. The molecular weight excluding hydrogens is 393 g/mol. The third kappa shape index (κ3) is 6.45. The lowest BCUT2D eigenvalue weighted by molar-refractivity contribution is -0.384. The SMILES string of the molecule is CCOC(=O)/C(=C\c1ccccc1)OC(=Nc1ccc([N+](=O)[O-])cc1)C(F)(F)F.